The average molecular weight is 357 g/mol. The highest BCUT2D eigenvalue weighted by Gasteiger charge is 2.39. The van der Waals surface area contributed by atoms with Gasteiger partial charge >= 0.3 is 0 Å². The first-order valence-corrected chi connectivity index (χ1v) is 9.08. The van der Waals surface area contributed by atoms with Gasteiger partial charge in [-0.15, -0.1) is 0 Å². The number of carbonyl (C=O) groups excluding carboxylic acids is 3. The fraction of sp³-hybridized carbons (Fsp3) is 0.526. The van der Waals surface area contributed by atoms with Crippen molar-refractivity contribution in [1.29, 1.82) is 0 Å². The maximum Gasteiger partial charge on any atom is 0.254 e. The van der Waals surface area contributed by atoms with E-state index in [-0.39, 0.29) is 29.7 Å². The number of hydrogen-bond donors (Lipinski definition) is 0. The summed E-state index contributed by atoms with van der Waals surface area (Å²) in [6.45, 7) is 2.33. The van der Waals surface area contributed by atoms with Crippen molar-refractivity contribution in [2.45, 2.75) is 18.9 Å². The Bertz CT molecular complexity index is 750. The van der Waals surface area contributed by atoms with E-state index in [1.165, 1.54) is 0 Å². The maximum absolute atomic E-state index is 13.1. The van der Waals surface area contributed by atoms with Gasteiger partial charge in [-0.05, 0) is 24.6 Å². The van der Waals surface area contributed by atoms with Crippen molar-refractivity contribution in [3.63, 3.8) is 0 Å². The van der Waals surface area contributed by atoms with Crippen LogP contribution in [0, 0.1) is 5.92 Å². The van der Waals surface area contributed by atoms with E-state index in [9.17, 15) is 14.4 Å². The number of hydrogen-bond acceptors (Lipinski definition) is 4. The van der Waals surface area contributed by atoms with E-state index in [0.717, 1.165) is 12.1 Å². The molecule has 2 atom stereocenters. The summed E-state index contributed by atoms with van der Waals surface area (Å²) in [6, 6.07) is 7.11. The Labute approximate surface area is 152 Å². The molecule has 0 N–H and O–H groups in total. The molecule has 1 aromatic carbocycles. The molecular formula is C19H23N3O4. The topological polar surface area (TPSA) is 70.2 Å². The zero-order valence-electron chi connectivity index (χ0n) is 14.9. The molecule has 138 valence electrons. The number of likely N-dealkylation sites (N-methyl/N-ethyl adjacent to an activating group) is 1. The minimum absolute atomic E-state index is 0.0409. The van der Waals surface area contributed by atoms with Gasteiger partial charge in [0.25, 0.3) is 5.91 Å². The number of benzene rings is 1. The lowest BCUT2D eigenvalue weighted by molar-refractivity contribution is -0.133. The smallest absolute Gasteiger partial charge is 0.254 e. The molecule has 3 fully saturated rings. The third-order valence-corrected chi connectivity index (χ3v) is 5.51. The van der Waals surface area contributed by atoms with Crippen LogP contribution in [0.1, 0.15) is 23.2 Å². The predicted molar refractivity (Wildman–Crippen MR) is 94.8 cm³/mol. The molecule has 3 aliphatic rings. The second-order valence-electron chi connectivity index (χ2n) is 7.25. The minimum Gasteiger partial charge on any atom is -0.378 e. The normalized spacial score (nSPS) is 26.3. The number of nitrogens with zero attached hydrogens (tertiary/aromatic N) is 3. The largest absolute Gasteiger partial charge is 0.378 e. The molecule has 2 bridgehead atoms. The third kappa shape index (κ3) is 2.96. The average Bonchev–Trinajstić information content (AvgIpc) is 2.96. The van der Waals surface area contributed by atoms with Crippen molar-refractivity contribution in [2.24, 2.45) is 5.92 Å². The number of anilines is 1. The van der Waals surface area contributed by atoms with Gasteiger partial charge < -0.3 is 19.4 Å². The summed E-state index contributed by atoms with van der Waals surface area (Å²) >= 11 is 0. The van der Waals surface area contributed by atoms with E-state index < -0.39 is 0 Å². The van der Waals surface area contributed by atoms with Gasteiger partial charge in [0.1, 0.15) is 0 Å². The molecule has 0 aliphatic carbocycles. The fourth-order valence-electron chi connectivity index (χ4n) is 3.97. The second kappa shape index (κ2) is 6.72. The zero-order valence-corrected chi connectivity index (χ0v) is 14.9. The Morgan fingerprint density at radius 1 is 1.19 bits per heavy atom. The number of carbonyl (C=O) groups is 3. The van der Waals surface area contributed by atoms with Crippen LogP contribution in [0.3, 0.4) is 0 Å². The van der Waals surface area contributed by atoms with Crippen LogP contribution in [0.2, 0.25) is 0 Å². The molecule has 0 aromatic heterocycles. The molecule has 3 saturated heterocycles. The number of fused-ring (bicyclic) bond motifs is 3. The van der Waals surface area contributed by atoms with E-state index in [4.69, 9.17) is 4.74 Å². The predicted octanol–water partition coefficient (Wildman–Crippen LogP) is 0.743. The summed E-state index contributed by atoms with van der Waals surface area (Å²) in [7, 11) is 1.78. The molecule has 3 aliphatic heterocycles. The summed E-state index contributed by atoms with van der Waals surface area (Å²) in [5.74, 6) is -0.277. The highest BCUT2D eigenvalue weighted by molar-refractivity contribution is 5.99. The van der Waals surface area contributed by atoms with Crippen LogP contribution in [-0.4, -0.2) is 73.5 Å². The summed E-state index contributed by atoms with van der Waals surface area (Å²) < 4.78 is 5.59. The van der Waals surface area contributed by atoms with E-state index in [1.54, 1.807) is 33.9 Å². The van der Waals surface area contributed by atoms with Crippen molar-refractivity contribution in [3.05, 3.63) is 29.8 Å². The first-order chi connectivity index (χ1) is 12.5. The van der Waals surface area contributed by atoms with Crippen molar-refractivity contribution < 1.29 is 19.1 Å². The molecule has 3 heterocycles. The van der Waals surface area contributed by atoms with E-state index in [0.29, 0.717) is 44.8 Å². The third-order valence-electron chi connectivity index (χ3n) is 5.51. The van der Waals surface area contributed by atoms with E-state index >= 15 is 0 Å². The Balaban J connectivity index is 1.58. The van der Waals surface area contributed by atoms with Crippen molar-refractivity contribution in [1.82, 2.24) is 9.80 Å². The standard InChI is InChI=1S/C19H23N3O4/c1-20-16-10-21(9-14(18(20)24)11-26-12-16)19(25)13-4-2-5-15(8-13)22-7-3-6-17(22)23/h2,4-5,8,14,16H,3,6-7,9-12H2,1H3/t14-,16+/m1/s1. The molecule has 0 saturated carbocycles. The molecule has 4 rings (SSSR count). The van der Waals surface area contributed by atoms with Gasteiger partial charge in [-0.3, -0.25) is 14.4 Å². The van der Waals surface area contributed by atoms with Gasteiger partial charge in [0.2, 0.25) is 11.8 Å². The molecule has 7 heteroatoms. The minimum atomic E-state index is -0.320. The van der Waals surface area contributed by atoms with E-state index in [2.05, 4.69) is 0 Å². The molecule has 0 radical (unpaired) electrons. The summed E-state index contributed by atoms with van der Waals surface area (Å²) in [5.41, 5.74) is 1.32. The zero-order chi connectivity index (χ0) is 18.3. The molecule has 7 nitrogen and oxygen atoms in total. The lowest BCUT2D eigenvalue weighted by Gasteiger charge is -2.29. The van der Waals surface area contributed by atoms with Gasteiger partial charge in [0, 0.05) is 44.4 Å². The highest BCUT2D eigenvalue weighted by Crippen LogP contribution is 2.25. The Kier molecular flexibility index (Phi) is 4.40. The molecule has 26 heavy (non-hydrogen) atoms. The molecule has 3 amide bonds. The van der Waals surface area contributed by atoms with Crippen LogP contribution in [0.4, 0.5) is 5.69 Å². The number of amides is 3. The van der Waals surface area contributed by atoms with Crippen molar-refractivity contribution in [2.75, 3.05) is 44.8 Å². The first kappa shape index (κ1) is 17.0. The Hall–Kier alpha value is -2.41. The quantitative estimate of drug-likeness (QED) is 0.783. The molecule has 0 unspecified atom stereocenters. The molecule has 1 aromatic rings. The second-order valence-corrected chi connectivity index (χ2v) is 7.25. The van der Waals surface area contributed by atoms with Crippen LogP contribution in [0.5, 0.6) is 0 Å². The lowest BCUT2D eigenvalue weighted by atomic mass is 10.1. The van der Waals surface area contributed by atoms with Crippen LogP contribution in [0.15, 0.2) is 24.3 Å². The number of ether oxygens (including phenoxy) is 1. The van der Waals surface area contributed by atoms with Gasteiger partial charge in [0.05, 0.1) is 25.2 Å². The van der Waals surface area contributed by atoms with Gasteiger partial charge in [-0.1, -0.05) is 6.07 Å². The van der Waals surface area contributed by atoms with Gasteiger partial charge in [-0.2, -0.15) is 0 Å². The molecular weight excluding hydrogens is 334 g/mol. The van der Waals surface area contributed by atoms with Gasteiger partial charge in [0.15, 0.2) is 0 Å². The monoisotopic (exact) mass is 357 g/mol. The maximum atomic E-state index is 13.1. The summed E-state index contributed by atoms with van der Waals surface area (Å²) in [6.07, 6.45) is 1.41. The first-order valence-electron chi connectivity index (χ1n) is 9.08. The van der Waals surface area contributed by atoms with Crippen LogP contribution in [-0.2, 0) is 14.3 Å². The molecule has 0 spiro atoms. The van der Waals surface area contributed by atoms with Crippen LogP contribution < -0.4 is 4.90 Å². The van der Waals surface area contributed by atoms with Crippen LogP contribution >= 0.6 is 0 Å². The summed E-state index contributed by atoms with van der Waals surface area (Å²) in [5, 5.41) is 0. The van der Waals surface area contributed by atoms with Crippen molar-refractivity contribution >= 4 is 23.4 Å². The van der Waals surface area contributed by atoms with Crippen molar-refractivity contribution in [3.8, 4) is 0 Å². The fourth-order valence-corrected chi connectivity index (χ4v) is 3.97. The van der Waals surface area contributed by atoms with Gasteiger partial charge in [-0.25, -0.2) is 0 Å². The number of rotatable bonds is 2. The SMILES string of the molecule is CN1C(=O)[C@H]2COC[C@@H]1CN(C(=O)c1cccc(N3CCCC3=O)c1)C2. The Morgan fingerprint density at radius 2 is 2.04 bits per heavy atom. The highest BCUT2D eigenvalue weighted by atomic mass is 16.5. The van der Waals surface area contributed by atoms with Crippen LogP contribution in [0.25, 0.3) is 0 Å². The summed E-state index contributed by atoms with van der Waals surface area (Å²) in [4.78, 5) is 42.7. The van der Waals surface area contributed by atoms with E-state index in [1.807, 2.05) is 12.1 Å². The lowest BCUT2D eigenvalue weighted by Crippen LogP contribution is -2.45. The Morgan fingerprint density at radius 3 is 2.81 bits per heavy atom.